The molecule has 0 aliphatic heterocycles. The van der Waals surface area contributed by atoms with E-state index in [1.54, 1.807) is 0 Å². The lowest BCUT2D eigenvalue weighted by atomic mass is 9.95. The van der Waals surface area contributed by atoms with Crippen molar-refractivity contribution in [2.45, 2.75) is 38.9 Å². The van der Waals surface area contributed by atoms with Gasteiger partial charge < -0.3 is 9.31 Å². The van der Waals surface area contributed by atoms with Crippen molar-refractivity contribution in [3.05, 3.63) is 71.8 Å². The van der Waals surface area contributed by atoms with E-state index < -0.39 is 11.2 Å². The molecule has 0 spiro atoms. The van der Waals surface area contributed by atoms with E-state index in [1.807, 2.05) is 64.1 Å². The van der Waals surface area contributed by atoms with Gasteiger partial charge in [-0.15, -0.1) is 0 Å². The van der Waals surface area contributed by atoms with Crippen LogP contribution in [-0.4, -0.2) is 7.69 Å². The molecule has 109 valence electrons. The largest absolute Gasteiger partial charge is 0.489 e. The average Bonchev–Trinajstić information content (AvgIpc) is 2.49. The van der Waals surface area contributed by atoms with Crippen molar-refractivity contribution in [3.63, 3.8) is 0 Å². The van der Waals surface area contributed by atoms with Gasteiger partial charge in [0.2, 0.25) is 0 Å². The Kier molecular flexibility index (Phi) is 4.86. The summed E-state index contributed by atoms with van der Waals surface area (Å²) in [7, 11) is 1.46. The fourth-order valence-electron chi connectivity index (χ4n) is 2.08. The molecule has 2 nitrogen and oxygen atoms in total. The van der Waals surface area contributed by atoms with Crippen LogP contribution in [0.3, 0.4) is 0 Å². The first kappa shape index (κ1) is 15.8. The number of benzene rings is 2. The number of hydrogen-bond acceptors (Lipinski definition) is 2. The molecule has 0 saturated carbocycles. The third-order valence-corrected chi connectivity index (χ3v) is 3.62. The van der Waals surface area contributed by atoms with E-state index in [0.717, 1.165) is 11.1 Å². The van der Waals surface area contributed by atoms with Crippen molar-refractivity contribution in [1.29, 1.82) is 0 Å². The van der Waals surface area contributed by atoms with Crippen molar-refractivity contribution in [2.24, 2.45) is 0 Å². The molecule has 2 aromatic carbocycles. The van der Waals surface area contributed by atoms with Crippen LogP contribution in [0.15, 0.2) is 60.7 Å². The molecule has 0 aliphatic rings. The Morgan fingerprint density at radius 3 is 1.29 bits per heavy atom. The zero-order valence-electron chi connectivity index (χ0n) is 13.2. The van der Waals surface area contributed by atoms with Gasteiger partial charge in [0.25, 0.3) is 0 Å². The molecule has 0 amide bonds. The third-order valence-electron chi connectivity index (χ3n) is 3.62. The van der Waals surface area contributed by atoms with Crippen LogP contribution in [-0.2, 0) is 20.5 Å². The highest BCUT2D eigenvalue weighted by molar-refractivity contribution is 6.18. The van der Waals surface area contributed by atoms with Gasteiger partial charge in [0.15, 0.2) is 0 Å². The molecule has 0 N–H and O–H groups in total. The summed E-state index contributed by atoms with van der Waals surface area (Å²) in [6.45, 7) is 8.10. The molecule has 0 heterocycles. The summed E-state index contributed by atoms with van der Waals surface area (Å²) in [5.41, 5.74) is 1.38. The van der Waals surface area contributed by atoms with Crippen molar-refractivity contribution in [1.82, 2.24) is 0 Å². The lowest BCUT2D eigenvalue weighted by Crippen LogP contribution is -2.30. The lowest BCUT2D eigenvalue weighted by Gasteiger charge is -2.30. The lowest BCUT2D eigenvalue weighted by molar-refractivity contribution is 0.0293. The first-order valence-corrected chi connectivity index (χ1v) is 7.20. The quantitative estimate of drug-likeness (QED) is 0.729. The highest BCUT2D eigenvalue weighted by Gasteiger charge is 2.26. The van der Waals surface area contributed by atoms with Crippen molar-refractivity contribution >= 4 is 7.69 Å². The van der Waals surface area contributed by atoms with E-state index in [0.29, 0.717) is 0 Å². The minimum absolute atomic E-state index is 0.423. The molecule has 0 fully saturated rings. The van der Waals surface area contributed by atoms with Crippen LogP contribution >= 0.6 is 0 Å². The number of rotatable bonds is 6. The predicted molar refractivity (Wildman–Crippen MR) is 86.9 cm³/mol. The van der Waals surface area contributed by atoms with E-state index in [1.165, 1.54) is 7.69 Å². The van der Waals surface area contributed by atoms with Gasteiger partial charge in [-0.25, -0.2) is 0 Å². The van der Waals surface area contributed by atoms with Gasteiger partial charge >= 0.3 is 7.69 Å². The zero-order valence-corrected chi connectivity index (χ0v) is 13.2. The molecule has 1 radical (unpaired) electrons. The monoisotopic (exact) mass is 281 g/mol. The molecule has 0 saturated heterocycles. The Labute approximate surface area is 128 Å². The molecule has 21 heavy (non-hydrogen) atoms. The third kappa shape index (κ3) is 4.19. The van der Waals surface area contributed by atoms with Crippen LogP contribution in [0.2, 0.25) is 0 Å². The minimum Gasteiger partial charge on any atom is -0.404 e. The normalized spacial score (nSPS) is 12.2. The predicted octanol–water partition coefficient (Wildman–Crippen LogP) is 4.42. The second kappa shape index (κ2) is 6.46. The summed E-state index contributed by atoms with van der Waals surface area (Å²) in [5, 5.41) is 0. The van der Waals surface area contributed by atoms with Crippen LogP contribution in [0.25, 0.3) is 0 Å². The SMILES string of the molecule is CC(C)(O[B]OC(C)(C)c1ccccc1)c1ccccc1. The first-order valence-electron chi connectivity index (χ1n) is 7.20. The molecular weight excluding hydrogens is 259 g/mol. The summed E-state index contributed by atoms with van der Waals surface area (Å²) >= 11 is 0. The van der Waals surface area contributed by atoms with Crippen LogP contribution in [0.5, 0.6) is 0 Å². The summed E-state index contributed by atoms with van der Waals surface area (Å²) in [6.07, 6.45) is 0. The Hall–Kier alpha value is -1.58. The van der Waals surface area contributed by atoms with Gasteiger partial charge in [0, 0.05) is 0 Å². The second-order valence-electron chi connectivity index (χ2n) is 6.08. The van der Waals surface area contributed by atoms with E-state index in [9.17, 15) is 0 Å². The summed E-state index contributed by atoms with van der Waals surface area (Å²) < 4.78 is 11.7. The molecule has 0 atom stereocenters. The molecule has 3 heteroatoms. The van der Waals surface area contributed by atoms with E-state index in [-0.39, 0.29) is 0 Å². The van der Waals surface area contributed by atoms with E-state index in [4.69, 9.17) is 9.31 Å². The topological polar surface area (TPSA) is 18.5 Å². The second-order valence-corrected chi connectivity index (χ2v) is 6.08. The summed E-state index contributed by atoms with van der Waals surface area (Å²) in [4.78, 5) is 0. The summed E-state index contributed by atoms with van der Waals surface area (Å²) in [5.74, 6) is 0. The maximum absolute atomic E-state index is 5.83. The van der Waals surface area contributed by atoms with Gasteiger partial charge in [0.05, 0.1) is 11.2 Å². The maximum atomic E-state index is 5.83. The van der Waals surface area contributed by atoms with Gasteiger partial charge in [-0.05, 0) is 38.8 Å². The average molecular weight is 281 g/mol. The van der Waals surface area contributed by atoms with Crippen LogP contribution in [0, 0.1) is 0 Å². The standard InChI is InChI=1S/C18H22BO2/c1-17(2,15-11-7-5-8-12-15)20-19-21-18(3,4)16-13-9-6-10-14-16/h5-14H,1-4H3. The Morgan fingerprint density at radius 1 is 0.619 bits per heavy atom. The van der Waals surface area contributed by atoms with E-state index in [2.05, 4.69) is 24.3 Å². The van der Waals surface area contributed by atoms with Gasteiger partial charge in [0.1, 0.15) is 0 Å². The Bertz CT molecular complexity index is 498. The minimum atomic E-state index is -0.423. The first-order chi connectivity index (χ1) is 9.92. The molecular formula is C18H22BO2. The number of hydrogen-bond donors (Lipinski definition) is 0. The van der Waals surface area contributed by atoms with Crippen molar-refractivity contribution < 1.29 is 9.31 Å². The fourth-order valence-corrected chi connectivity index (χ4v) is 2.08. The Balaban J connectivity index is 1.95. The van der Waals surface area contributed by atoms with Gasteiger partial charge in [-0.2, -0.15) is 0 Å². The maximum Gasteiger partial charge on any atom is 0.489 e. The summed E-state index contributed by atoms with van der Waals surface area (Å²) in [6, 6.07) is 20.2. The van der Waals surface area contributed by atoms with Crippen molar-refractivity contribution in [3.8, 4) is 0 Å². The highest BCUT2D eigenvalue weighted by atomic mass is 16.6. The zero-order chi connectivity index (χ0) is 15.3. The fraction of sp³-hybridized carbons (Fsp3) is 0.333. The molecule has 2 aromatic rings. The molecule has 0 aliphatic carbocycles. The Morgan fingerprint density at radius 2 is 0.952 bits per heavy atom. The van der Waals surface area contributed by atoms with Crippen LogP contribution in [0.1, 0.15) is 38.8 Å². The molecule has 0 unspecified atom stereocenters. The van der Waals surface area contributed by atoms with Crippen LogP contribution < -0.4 is 0 Å². The van der Waals surface area contributed by atoms with Crippen molar-refractivity contribution in [2.75, 3.05) is 0 Å². The highest BCUT2D eigenvalue weighted by Crippen LogP contribution is 2.27. The molecule has 2 rings (SSSR count). The smallest absolute Gasteiger partial charge is 0.404 e. The van der Waals surface area contributed by atoms with E-state index >= 15 is 0 Å². The molecule has 0 aromatic heterocycles. The molecule has 0 bridgehead atoms. The van der Waals surface area contributed by atoms with Gasteiger partial charge in [-0.3, -0.25) is 0 Å². The van der Waals surface area contributed by atoms with Crippen LogP contribution in [0.4, 0.5) is 0 Å². The van der Waals surface area contributed by atoms with Gasteiger partial charge in [-0.1, -0.05) is 60.7 Å².